The average Bonchev–Trinajstić information content (AvgIpc) is 1.85. The van der Waals surface area contributed by atoms with Crippen molar-refractivity contribution in [1.82, 2.24) is 5.32 Å². The van der Waals surface area contributed by atoms with Crippen LogP contribution in [0.5, 0.6) is 0 Å². The van der Waals surface area contributed by atoms with Crippen molar-refractivity contribution < 1.29 is 12.6 Å². The first-order valence-electron chi connectivity index (χ1n) is 3.31. The largest absolute Gasteiger partial charge is 0.329 e. The van der Waals surface area contributed by atoms with Crippen LogP contribution in [-0.2, 0) is 14.3 Å². The molecule has 0 bridgehead atoms. The summed E-state index contributed by atoms with van der Waals surface area (Å²) in [6, 6.07) is 0. The Labute approximate surface area is 67.0 Å². The van der Waals surface area contributed by atoms with E-state index in [1.807, 2.05) is 0 Å². The summed E-state index contributed by atoms with van der Waals surface area (Å²) in [6.07, 6.45) is 1.02. The lowest BCUT2D eigenvalue weighted by atomic mass is 10.6. The summed E-state index contributed by atoms with van der Waals surface area (Å²) in [6.45, 7) is 1.88. The van der Waals surface area contributed by atoms with E-state index in [0.717, 1.165) is 6.26 Å². The highest BCUT2D eigenvalue weighted by atomic mass is 32.2. The minimum Gasteiger partial charge on any atom is -0.329 e. The van der Waals surface area contributed by atoms with E-state index in [-0.39, 0.29) is 6.61 Å². The lowest BCUT2D eigenvalue weighted by Crippen LogP contribution is -2.26. The molecule has 0 heterocycles. The molecule has 0 aromatic carbocycles. The molecule has 3 N–H and O–H groups in total. The predicted molar refractivity (Wildman–Crippen MR) is 42.7 cm³/mol. The van der Waals surface area contributed by atoms with Gasteiger partial charge in [-0.1, -0.05) is 0 Å². The average molecular weight is 182 g/mol. The van der Waals surface area contributed by atoms with Gasteiger partial charge < -0.3 is 11.1 Å². The van der Waals surface area contributed by atoms with Gasteiger partial charge in [0.15, 0.2) is 0 Å². The Morgan fingerprint density at radius 3 is 2.55 bits per heavy atom. The highest BCUT2D eigenvalue weighted by molar-refractivity contribution is 7.85. The maximum Gasteiger partial charge on any atom is 0.264 e. The second kappa shape index (κ2) is 5.48. The van der Waals surface area contributed by atoms with Gasteiger partial charge in [-0.25, -0.2) is 0 Å². The van der Waals surface area contributed by atoms with Crippen LogP contribution in [0.15, 0.2) is 0 Å². The SMILES string of the molecule is CS(=O)(=O)OCCNCCN. The molecule has 6 heteroatoms. The van der Waals surface area contributed by atoms with Crippen molar-refractivity contribution in [1.29, 1.82) is 0 Å². The van der Waals surface area contributed by atoms with Crippen molar-refractivity contribution in [3.8, 4) is 0 Å². The Morgan fingerprint density at radius 2 is 2.09 bits per heavy atom. The van der Waals surface area contributed by atoms with E-state index in [1.54, 1.807) is 0 Å². The monoisotopic (exact) mass is 182 g/mol. The topological polar surface area (TPSA) is 81.4 Å². The van der Waals surface area contributed by atoms with Crippen LogP contribution >= 0.6 is 0 Å². The van der Waals surface area contributed by atoms with Gasteiger partial charge in [0.25, 0.3) is 10.1 Å². The maximum atomic E-state index is 10.4. The molecule has 5 nitrogen and oxygen atoms in total. The third kappa shape index (κ3) is 9.83. The van der Waals surface area contributed by atoms with E-state index in [9.17, 15) is 8.42 Å². The molecular formula is C5H14N2O3S. The Hall–Kier alpha value is -0.170. The van der Waals surface area contributed by atoms with Gasteiger partial charge in [0, 0.05) is 19.6 Å². The van der Waals surface area contributed by atoms with Crippen LogP contribution in [0, 0.1) is 0 Å². The van der Waals surface area contributed by atoms with Gasteiger partial charge in [-0.15, -0.1) is 0 Å². The third-order valence-electron chi connectivity index (χ3n) is 0.897. The molecule has 0 saturated heterocycles. The van der Waals surface area contributed by atoms with Crippen LogP contribution < -0.4 is 11.1 Å². The van der Waals surface area contributed by atoms with Gasteiger partial charge in [-0.2, -0.15) is 8.42 Å². The number of hydrogen-bond acceptors (Lipinski definition) is 5. The fourth-order valence-electron chi connectivity index (χ4n) is 0.492. The standard InChI is InChI=1S/C5H14N2O3S/c1-11(8,9)10-5-4-7-3-2-6/h7H,2-6H2,1H3. The summed E-state index contributed by atoms with van der Waals surface area (Å²) in [7, 11) is -3.28. The molecule has 0 aliphatic heterocycles. The summed E-state index contributed by atoms with van der Waals surface area (Å²) < 4.78 is 25.2. The molecular weight excluding hydrogens is 168 g/mol. The van der Waals surface area contributed by atoms with Crippen LogP contribution in [0.25, 0.3) is 0 Å². The maximum absolute atomic E-state index is 10.4. The molecule has 68 valence electrons. The van der Waals surface area contributed by atoms with Gasteiger partial charge in [-0.05, 0) is 0 Å². The summed E-state index contributed by atoms with van der Waals surface area (Å²) in [4.78, 5) is 0. The first kappa shape index (κ1) is 10.8. The first-order chi connectivity index (χ1) is 5.06. The Bertz CT molecular complexity index is 178. The molecule has 0 spiro atoms. The van der Waals surface area contributed by atoms with E-state index < -0.39 is 10.1 Å². The quantitative estimate of drug-likeness (QED) is 0.386. The molecule has 0 atom stereocenters. The third-order valence-corrected chi connectivity index (χ3v) is 1.49. The van der Waals surface area contributed by atoms with Crippen molar-refractivity contribution in [2.45, 2.75) is 0 Å². The van der Waals surface area contributed by atoms with Crippen molar-refractivity contribution >= 4 is 10.1 Å². The lowest BCUT2D eigenvalue weighted by molar-refractivity contribution is 0.319. The molecule has 0 radical (unpaired) electrons. The van der Waals surface area contributed by atoms with Crippen LogP contribution in [0.4, 0.5) is 0 Å². The van der Waals surface area contributed by atoms with E-state index in [1.165, 1.54) is 0 Å². The van der Waals surface area contributed by atoms with Gasteiger partial charge in [-0.3, -0.25) is 4.18 Å². The van der Waals surface area contributed by atoms with Gasteiger partial charge in [0.2, 0.25) is 0 Å². The summed E-state index contributed by atoms with van der Waals surface area (Å²) in [5.41, 5.74) is 5.17. The van der Waals surface area contributed by atoms with E-state index >= 15 is 0 Å². The molecule has 0 fully saturated rings. The minimum atomic E-state index is -3.28. The predicted octanol–water partition coefficient (Wildman–Crippen LogP) is -1.49. The molecule has 0 rings (SSSR count). The van der Waals surface area contributed by atoms with Crippen molar-refractivity contribution in [3.05, 3.63) is 0 Å². The number of rotatable bonds is 6. The molecule has 0 aliphatic rings. The number of hydrogen-bond donors (Lipinski definition) is 2. The number of nitrogens with one attached hydrogen (secondary N) is 1. The highest BCUT2D eigenvalue weighted by Gasteiger charge is 1.98. The van der Waals surface area contributed by atoms with E-state index in [2.05, 4.69) is 9.50 Å². The Morgan fingerprint density at radius 1 is 1.45 bits per heavy atom. The second-order valence-electron chi connectivity index (χ2n) is 2.06. The van der Waals surface area contributed by atoms with Crippen LogP contribution in [0.3, 0.4) is 0 Å². The zero-order valence-electron chi connectivity index (χ0n) is 6.54. The smallest absolute Gasteiger partial charge is 0.264 e. The van der Waals surface area contributed by atoms with E-state index in [4.69, 9.17) is 5.73 Å². The summed E-state index contributed by atoms with van der Waals surface area (Å²) in [5.74, 6) is 0. The molecule has 0 aromatic heterocycles. The highest BCUT2D eigenvalue weighted by Crippen LogP contribution is 1.83. The first-order valence-corrected chi connectivity index (χ1v) is 5.13. The zero-order chi connectivity index (χ0) is 8.74. The Balaban J connectivity index is 3.16. The second-order valence-corrected chi connectivity index (χ2v) is 3.71. The molecule has 0 unspecified atom stereocenters. The van der Waals surface area contributed by atoms with Crippen LogP contribution in [0.1, 0.15) is 0 Å². The lowest BCUT2D eigenvalue weighted by Gasteiger charge is -2.01. The number of nitrogens with two attached hydrogens (primary N) is 1. The van der Waals surface area contributed by atoms with Gasteiger partial charge >= 0.3 is 0 Å². The zero-order valence-corrected chi connectivity index (χ0v) is 7.36. The Kier molecular flexibility index (Phi) is 5.39. The van der Waals surface area contributed by atoms with Gasteiger partial charge in [0.05, 0.1) is 12.9 Å². The molecule has 11 heavy (non-hydrogen) atoms. The molecule has 0 aliphatic carbocycles. The molecule has 0 aromatic rings. The fourth-order valence-corrected chi connectivity index (χ4v) is 0.878. The van der Waals surface area contributed by atoms with Crippen molar-refractivity contribution in [2.75, 3.05) is 32.5 Å². The van der Waals surface area contributed by atoms with Gasteiger partial charge in [0.1, 0.15) is 0 Å². The van der Waals surface area contributed by atoms with Crippen LogP contribution in [-0.4, -0.2) is 40.9 Å². The fraction of sp³-hybridized carbons (Fsp3) is 1.00. The molecule has 0 amide bonds. The van der Waals surface area contributed by atoms with Crippen molar-refractivity contribution in [3.63, 3.8) is 0 Å². The molecule has 0 saturated carbocycles. The summed E-state index contributed by atoms with van der Waals surface area (Å²) >= 11 is 0. The normalized spacial score (nSPS) is 11.8. The summed E-state index contributed by atoms with van der Waals surface area (Å²) in [5, 5.41) is 2.89. The van der Waals surface area contributed by atoms with Crippen LogP contribution in [0.2, 0.25) is 0 Å². The minimum absolute atomic E-state index is 0.166. The van der Waals surface area contributed by atoms with Crippen molar-refractivity contribution in [2.24, 2.45) is 5.73 Å². The van der Waals surface area contributed by atoms with E-state index in [0.29, 0.717) is 19.6 Å².